The molecule has 0 fully saturated rings. The third-order valence-electron chi connectivity index (χ3n) is 2.72. The van der Waals surface area contributed by atoms with Gasteiger partial charge in [-0.25, -0.2) is 19.2 Å². The van der Waals surface area contributed by atoms with Crippen molar-refractivity contribution in [3.05, 3.63) is 47.0 Å². The van der Waals surface area contributed by atoms with Crippen LogP contribution in [0.1, 0.15) is 21.6 Å². The number of aromatic carboxylic acids is 1. The average molecular weight is 300 g/mol. The molecule has 0 aliphatic carbocycles. The Bertz CT molecular complexity index is 714. The molecule has 110 valence electrons. The molecule has 0 atom stereocenters. The van der Waals surface area contributed by atoms with Crippen molar-refractivity contribution in [2.75, 3.05) is 0 Å². The Kier molecular flexibility index (Phi) is 3.63. The van der Waals surface area contributed by atoms with Crippen molar-refractivity contribution in [3.63, 3.8) is 0 Å². The molecule has 0 bridgehead atoms. The summed E-state index contributed by atoms with van der Waals surface area (Å²) >= 11 is 0. The molecule has 2 aromatic rings. The first kappa shape index (κ1) is 14.9. The highest BCUT2D eigenvalue weighted by atomic mass is 19.4. The summed E-state index contributed by atoms with van der Waals surface area (Å²) in [6, 6.07) is 3.71. The van der Waals surface area contributed by atoms with Gasteiger partial charge in [-0.1, -0.05) is 12.1 Å². The molecule has 0 aliphatic rings. The van der Waals surface area contributed by atoms with Crippen molar-refractivity contribution in [3.8, 4) is 11.4 Å². The molecular formula is C13H8F4N2O2. The quantitative estimate of drug-likeness (QED) is 0.864. The van der Waals surface area contributed by atoms with E-state index in [2.05, 4.69) is 9.97 Å². The number of aromatic nitrogens is 2. The molecule has 1 N–H and O–H groups in total. The van der Waals surface area contributed by atoms with Gasteiger partial charge in [0.25, 0.3) is 0 Å². The molecule has 8 heteroatoms. The SMILES string of the molecule is Cc1ccc(-c2ncc(C(=O)O)c(C(F)(F)F)n2)cc1F. The number of aryl methyl sites for hydroxylation is 1. The molecular weight excluding hydrogens is 292 g/mol. The lowest BCUT2D eigenvalue weighted by atomic mass is 10.1. The highest BCUT2D eigenvalue weighted by molar-refractivity contribution is 5.89. The number of carboxylic acids is 1. The van der Waals surface area contributed by atoms with Gasteiger partial charge in [0.05, 0.1) is 0 Å². The Morgan fingerprint density at radius 2 is 1.95 bits per heavy atom. The molecule has 0 aliphatic heterocycles. The summed E-state index contributed by atoms with van der Waals surface area (Å²) in [5.41, 5.74) is -2.28. The molecule has 1 heterocycles. The second-order valence-corrected chi connectivity index (χ2v) is 4.22. The minimum atomic E-state index is -4.95. The number of halogens is 4. The van der Waals surface area contributed by atoms with Crippen molar-refractivity contribution in [2.45, 2.75) is 13.1 Å². The summed E-state index contributed by atoms with van der Waals surface area (Å²) in [6.07, 6.45) is -4.39. The molecule has 1 aromatic carbocycles. The summed E-state index contributed by atoms with van der Waals surface area (Å²) in [6.45, 7) is 1.49. The second kappa shape index (κ2) is 5.12. The average Bonchev–Trinajstić information content (AvgIpc) is 2.40. The maximum absolute atomic E-state index is 13.4. The molecule has 1 aromatic heterocycles. The Hall–Kier alpha value is -2.51. The van der Waals surface area contributed by atoms with Crippen LogP contribution >= 0.6 is 0 Å². The van der Waals surface area contributed by atoms with Gasteiger partial charge in [0.1, 0.15) is 11.4 Å². The Labute approximate surface area is 116 Å². The number of hydrogen-bond acceptors (Lipinski definition) is 3. The van der Waals surface area contributed by atoms with Gasteiger partial charge < -0.3 is 5.11 Å². The number of alkyl halides is 3. The number of hydrogen-bond donors (Lipinski definition) is 1. The van der Waals surface area contributed by atoms with E-state index in [1.807, 2.05) is 0 Å². The first-order valence-corrected chi connectivity index (χ1v) is 5.64. The number of benzene rings is 1. The number of rotatable bonds is 2. The van der Waals surface area contributed by atoms with Gasteiger partial charge in [-0.15, -0.1) is 0 Å². The summed E-state index contributed by atoms with van der Waals surface area (Å²) in [7, 11) is 0. The summed E-state index contributed by atoms with van der Waals surface area (Å²) in [4.78, 5) is 17.6. The zero-order valence-corrected chi connectivity index (χ0v) is 10.6. The maximum atomic E-state index is 13.4. The van der Waals surface area contributed by atoms with Crippen LogP contribution in [0.15, 0.2) is 24.4 Å². The minimum absolute atomic E-state index is 0.0283. The van der Waals surface area contributed by atoms with Gasteiger partial charge in [-0.2, -0.15) is 13.2 Å². The van der Waals surface area contributed by atoms with Crippen LogP contribution in [-0.4, -0.2) is 21.0 Å². The Morgan fingerprint density at radius 3 is 2.48 bits per heavy atom. The second-order valence-electron chi connectivity index (χ2n) is 4.22. The number of nitrogens with zero attached hydrogens (tertiary/aromatic N) is 2. The van der Waals surface area contributed by atoms with Crippen LogP contribution in [0, 0.1) is 12.7 Å². The number of carbonyl (C=O) groups is 1. The van der Waals surface area contributed by atoms with Crippen LogP contribution in [0.3, 0.4) is 0 Å². The fraction of sp³-hybridized carbons (Fsp3) is 0.154. The fourth-order valence-corrected chi connectivity index (χ4v) is 1.63. The van der Waals surface area contributed by atoms with Crippen LogP contribution < -0.4 is 0 Å². The van der Waals surface area contributed by atoms with E-state index >= 15 is 0 Å². The third kappa shape index (κ3) is 2.99. The first-order chi connectivity index (χ1) is 9.70. The molecule has 0 amide bonds. The van der Waals surface area contributed by atoms with Crippen molar-refractivity contribution >= 4 is 5.97 Å². The lowest BCUT2D eigenvalue weighted by Crippen LogP contribution is -2.16. The highest BCUT2D eigenvalue weighted by Gasteiger charge is 2.38. The van der Waals surface area contributed by atoms with Crippen molar-refractivity contribution in [1.29, 1.82) is 0 Å². The summed E-state index contributed by atoms with van der Waals surface area (Å²) in [5.74, 6) is -2.80. The topological polar surface area (TPSA) is 63.1 Å². The van der Waals surface area contributed by atoms with E-state index in [1.54, 1.807) is 0 Å². The van der Waals surface area contributed by atoms with Gasteiger partial charge >= 0.3 is 12.1 Å². The Morgan fingerprint density at radius 1 is 1.29 bits per heavy atom. The molecule has 0 saturated carbocycles. The van der Waals surface area contributed by atoms with Gasteiger partial charge in [0.2, 0.25) is 0 Å². The number of carboxylic acid groups (broad SMARTS) is 1. The highest BCUT2D eigenvalue weighted by Crippen LogP contribution is 2.31. The van der Waals surface area contributed by atoms with Gasteiger partial charge in [0.15, 0.2) is 11.5 Å². The van der Waals surface area contributed by atoms with E-state index < -0.39 is 35.0 Å². The van der Waals surface area contributed by atoms with E-state index in [0.717, 1.165) is 6.07 Å². The predicted molar refractivity (Wildman–Crippen MR) is 64.1 cm³/mol. The van der Waals surface area contributed by atoms with Gasteiger partial charge in [-0.05, 0) is 18.6 Å². The van der Waals surface area contributed by atoms with Crippen LogP contribution in [0.4, 0.5) is 17.6 Å². The van der Waals surface area contributed by atoms with Gasteiger partial charge in [0, 0.05) is 11.8 Å². The standard InChI is InChI=1S/C13H8F4N2O2/c1-6-2-3-7(4-9(6)14)11-18-5-8(12(20)21)10(19-11)13(15,16)17/h2-5H,1H3,(H,20,21). The fourth-order valence-electron chi connectivity index (χ4n) is 1.63. The molecule has 4 nitrogen and oxygen atoms in total. The predicted octanol–water partition coefficient (Wildman–Crippen LogP) is 3.31. The molecule has 0 saturated heterocycles. The normalized spacial score (nSPS) is 11.5. The zero-order valence-electron chi connectivity index (χ0n) is 10.6. The van der Waals surface area contributed by atoms with Crippen molar-refractivity contribution in [2.24, 2.45) is 0 Å². The minimum Gasteiger partial charge on any atom is -0.478 e. The summed E-state index contributed by atoms with van der Waals surface area (Å²) < 4.78 is 51.9. The lowest BCUT2D eigenvalue weighted by molar-refractivity contribution is -0.141. The van der Waals surface area contributed by atoms with Crippen LogP contribution in [0.2, 0.25) is 0 Å². The van der Waals surface area contributed by atoms with E-state index in [1.165, 1.54) is 19.1 Å². The molecule has 0 unspecified atom stereocenters. The Balaban J connectivity index is 2.61. The van der Waals surface area contributed by atoms with E-state index in [9.17, 15) is 22.4 Å². The van der Waals surface area contributed by atoms with Crippen LogP contribution in [0.25, 0.3) is 11.4 Å². The maximum Gasteiger partial charge on any atom is 0.434 e. The molecule has 21 heavy (non-hydrogen) atoms. The zero-order chi connectivity index (χ0) is 15.8. The van der Waals surface area contributed by atoms with Crippen LogP contribution in [-0.2, 0) is 6.18 Å². The van der Waals surface area contributed by atoms with Crippen LogP contribution in [0.5, 0.6) is 0 Å². The first-order valence-electron chi connectivity index (χ1n) is 5.64. The molecule has 2 rings (SSSR count). The van der Waals surface area contributed by atoms with Gasteiger partial charge in [-0.3, -0.25) is 0 Å². The largest absolute Gasteiger partial charge is 0.478 e. The van der Waals surface area contributed by atoms with E-state index in [-0.39, 0.29) is 5.56 Å². The smallest absolute Gasteiger partial charge is 0.434 e. The van der Waals surface area contributed by atoms with Crippen molar-refractivity contribution < 1.29 is 27.5 Å². The van der Waals surface area contributed by atoms with E-state index in [4.69, 9.17) is 5.11 Å². The monoisotopic (exact) mass is 300 g/mol. The van der Waals surface area contributed by atoms with Crippen molar-refractivity contribution in [1.82, 2.24) is 9.97 Å². The summed E-state index contributed by atoms with van der Waals surface area (Å²) in [5, 5.41) is 8.73. The van der Waals surface area contributed by atoms with E-state index in [0.29, 0.717) is 11.8 Å². The lowest BCUT2D eigenvalue weighted by Gasteiger charge is -2.10. The third-order valence-corrected chi connectivity index (χ3v) is 2.72. The molecule has 0 radical (unpaired) electrons. The molecule has 0 spiro atoms.